The van der Waals surface area contributed by atoms with E-state index in [1.807, 2.05) is 6.26 Å². The molecular formula is C13H10O. The van der Waals surface area contributed by atoms with Gasteiger partial charge in [-0.25, -0.2) is 0 Å². The quantitative estimate of drug-likeness (QED) is 0.598. The molecule has 0 atom stereocenters. The maximum absolute atomic E-state index is 5.26. The van der Waals surface area contributed by atoms with Crippen LogP contribution in [0.25, 0.3) is 23.1 Å². The summed E-state index contributed by atoms with van der Waals surface area (Å²) in [6, 6.07) is 12.7. The third-order valence-corrected chi connectivity index (χ3v) is 2.60. The molecule has 0 aliphatic carbocycles. The number of hydrogen-bond acceptors (Lipinski definition) is 1. The highest BCUT2D eigenvalue weighted by Gasteiger charge is 1.98. The van der Waals surface area contributed by atoms with Crippen molar-refractivity contribution in [3.8, 4) is 0 Å². The second-order valence-electron chi connectivity index (χ2n) is 3.44. The molecule has 1 aliphatic rings. The number of rotatable bonds is 0. The molecule has 0 saturated heterocycles. The molecule has 0 unspecified atom stereocenters. The average molecular weight is 182 g/mol. The summed E-state index contributed by atoms with van der Waals surface area (Å²) in [5.74, 6) is 0. The van der Waals surface area contributed by atoms with Crippen molar-refractivity contribution in [3.63, 3.8) is 0 Å². The summed E-state index contributed by atoms with van der Waals surface area (Å²) in [6.45, 7) is 0.682. The van der Waals surface area contributed by atoms with Crippen molar-refractivity contribution in [3.05, 3.63) is 46.8 Å². The Kier molecular flexibility index (Phi) is 1.57. The minimum Gasteiger partial charge on any atom is -0.496 e. The molecule has 0 fully saturated rings. The van der Waals surface area contributed by atoms with Gasteiger partial charge >= 0.3 is 0 Å². The molecular weight excluding hydrogens is 172 g/mol. The Balaban J connectivity index is 2.60. The summed E-state index contributed by atoms with van der Waals surface area (Å²) in [7, 11) is 0. The Labute approximate surface area is 81.9 Å². The maximum atomic E-state index is 5.26. The predicted octanol–water partition coefficient (Wildman–Crippen LogP) is 1.39. The molecule has 3 rings (SSSR count). The lowest BCUT2D eigenvalue weighted by atomic mass is 10.1. The van der Waals surface area contributed by atoms with Crippen molar-refractivity contribution in [2.75, 3.05) is 6.61 Å². The van der Waals surface area contributed by atoms with Gasteiger partial charge in [0.05, 0.1) is 6.26 Å². The van der Waals surface area contributed by atoms with Gasteiger partial charge in [0, 0.05) is 5.22 Å². The van der Waals surface area contributed by atoms with Gasteiger partial charge in [-0.1, -0.05) is 36.4 Å². The summed E-state index contributed by atoms with van der Waals surface area (Å²) < 4.78 is 5.26. The van der Waals surface area contributed by atoms with Crippen LogP contribution in [0.3, 0.4) is 0 Å². The van der Waals surface area contributed by atoms with Crippen molar-refractivity contribution < 1.29 is 4.74 Å². The maximum Gasteiger partial charge on any atom is 0.106 e. The zero-order valence-corrected chi connectivity index (χ0v) is 7.73. The third-order valence-electron chi connectivity index (χ3n) is 2.60. The molecule has 2 aromatic carbocycles. The van der Waals surface area contributed by atoms with E-state index < -0.39 is 0 Å². The Morgan fingerprint density at radius 1 is 1.00 bits per heavy atom. The predicted molar refractivity (Wildman–Crippen MR) is 58.1 cm³/mol. The zero-order chi connectivity index (χ0) is 9.38. The smallest absolute Gasteiger partial charge is 0.106 e. The first kappa shape index (κ1) is 7.63. The Hall–Kier alpha value is -1.76. The highest BCUT2D eigenvalue weighted by Crippen LogP contribution is 2.06. The summed E-state index contributed by atoms with van der Waals surface area (Å²) in [6.07, 6.45) is 3.97. The normalized spacial score (nSPS) is 13.7. The van der Waals surface area contributed by atoms with Gasteiger partial charge in [-0.2, -0.15) is 0 Å². The van der Waals surface area contributed by atoms with Gasteiger partial charge in [0.2, 0.25) is 0 Å². The fourth-order valence-electron chi connectivity index (χ4n) is 1.91. The van der Waals surface area contributed by atoms with Crippen molar-refractivity contribution in [2.45, 2.75) is 0 Å². The standard InChI is InChI=1S/C13H10O/c1-2-4-12-10(3-1)5-6-11-9-14-8-7-13(11)12/h1-7,9H,8H2. The van der Waals surface area contributed by atoms with Gasteiger partial charge in [0.1, 0.15) is 6.61 Å². The van der Waals surface area contributed by atoms with Gasteiger partial charge in [0.25, 0.3) is 0 Å². The lowest BCUT2D eigenvalue weighted by Gasteiger charge is -2.05. The van der Waals surface area contributed by atoms with Crippen LogP contribution in [0.1, 0.15) is 0 Å². The van der Waals surface area contributed by atoms with Crippen LogP contribution >= 0.6 is 0 Å². The van der Waals surface area contributed by atoms with Crippen molar-refractivity contribution in [1.82, 2.24) is 0 Å². The monoisotopic (exact) mass is 182 g/mol. The van der Waals surface area contributed by atoms with Crippen LogP contribution in [0.15, 0.2) is 36.4 Å². The molecule has 68 valence electrons. The van der Waals surface area contributed by atoms with E-state index in [0.717, 1.165) is 0 Å². The van der Waals surface area contributed by atoms with E-state index in [-0.39, 0.29) is 0 Å². The number of benzene rings is 2. The largest absolute Gasteiger partial charge is 0.496 e. The lowest BCUT2D eigenvalue weighted by molar-refractivity contribution is 0.346. The second-order valence-corrected chi connectivity index (χ2v) is 3.44. The van der Waals surface area contributed by atoms with Gasteiger partial charge in [-0.15, -0.1) is 0 Å². The molecule has 0 N–H and O–H groups in total. The molecule has 1 nitrogen and oxygen atoms in total. The molecule has 0 saturated carbocycles. The van der Waals surface area contributed by atoms with E-state index in [4.69, 9.17) is 4.74 Å². The molecule has 1 aliphatic heterocycles. The van der Waals surface area contributed by atoms with Gasteiger partial charge in [0.15, 0.2) is 0 Å². The minimum atomic E-state index is 0.682. The SMILES string of the molecule is C1=c2ccc3ccccc3c2=CCO1. The summed E-state index contributed by atoms with van der Waals surface area (Å²) in [4.78, 5) is 0. The van der Waals surface area contributed by atoms with E-state index in [2.05, 4.69) is 42.5 Å². The summed E-state index contributed by atoms with van der Waals surface area (Å²) >= 11 is 0. The summed E-state index contributed by atoms with van der Waals surface area (Å²) in [5.41, 5.74) is 0. The molecule has 0 bridgehead atoms. The fraction of sp³-hybridized carbons (Fsp3) is 0.0769. The molecule has 1 heterocycles. The van der Waals surface area contributed by atoms with Gasteiger partial charge in [-0.3, -0.25) is 0 Å². The second kappa shape index (κ2) is 2.88. The number of fused-ring (bicyclic) bond motifs is 3. The van der Waals surface area contributed by atoms with Crippen LogP contribution in [0.5, 0.6) is 0 Å². The summed E-state index contributed by atoms with van der Waals surface area (Å²) in [5, 5.41) is 5.08. The van der Waals surface area contributed by atoms with Gasteiger partial charge < -0.3 is 4.74 Å². The van der Waals surface area contributed by atoms with Crippen molar-refractivity contribution in [2.24, 2.45) is 0 Å². The van der Waals surface area contributed by atoms with E-state index in [1.165, 1.54) is 21.2 Å². The first-order valence-electron chi connectivity index (χ1n) is 4.75. The highest BCUT2D eigenvalue weighted by atomic mass is 16.5. The first-order chi connectivity index (χ1) is 6.95. The molecule has 0 radical (unpaired) electrons. The Morgan fingerprint density at radius 2 is 1.93 bits per heavy atom. The molecule has 2 aromatic rings. The van der Waals surface area contributed by atoms with Crippen LogP contribution < -0.4 is 10.4 Å². The van der Waals surface area contributed by atoms with Crippen LogP contribution in [-0.4, -0.2) is 6.61 Å². The molecule has 0 aromatic heterocycles. The van der Waals surface area contributed by atoms with Crippen LogP contribution in [0, 0.1) is 0 Å². The van der Waals surface area contributed by atoms with Crippen LogP contribution in [-0.2, 0) is 4.74 Å². The van der Waals surface area contributed by atoms with Gasteiger partial charge in [-0.05, 0) is 22.1 Å². The molecule has 14 heavy (non-hydrogen) atoms. The Bertz CT molecular complexity index is 596. The average Bonchev–Trinajstić information content (AvgIpc) is 2.29. The minimum absolute atomic E-state index is 0.682. The molecule has 0 amide bonds. The third kappa shape index (κ3) is 1.02. The zero-order valence-electron chi connectivity index (χ0n) is 7.73. The van der Waals surface area contributed by atoms with Crippen molar-refractivity contribution in [1.29, 1.82) is 0 Å². The highest BCUT2D eigenvalue weighted by molar-refractivity contribution is 5.83. The first-order valence-corrected chi connectivity index (χ1v) is 4.75. The molecule has 1 heteroatoms. The van der Waals surface area contributed by atoms with E-state index in [1.54, 1.807) is 0 Å². The van der Waals surface area contributed by atoms with Crippen molar-refractivity contribution >= 4 is 23.1 Å². The van der Waals surface area contributed by atoms with Crippen LogP contribution in [0.4, 0.5) is 0 Å². The lowest BCUT2D eigenvalue weighted by Crippen LogP contribution is -2.28. The number of hydrogen-bond donors (Lipinski definition) is 0. The Morgan fingerprint density at radius 3 is 2.93 bits per heavy atom. The van der Waals surface area contributed by atoms with Crippen LogP contribution in [0.2, 0.25) is 0 Å². The topological polar surface area (TPSA) is 9.23 Å². The van der Waals surface area contributed by atoms with E-state index >= 15 is 0 Å². The van der Waals surface area contributed by atoms with E-state index in [0.29, 0.717) is 6.61 Å². The number of ether oxygens (including phenoxy) is 1. The fourth-order valence-corrected chi connectivity index (χ4v) is 1.91. The van der Waals surface area contributed by atoms with E-state index in [9.17, 15) is 0 Å². The molecule has 0 spiro atoms.